The summed E-state index contributed by atoms with van der Waals surface area (Å²) in [6, 6.07) is 8.85. The number of carbonyl (C=O) groups is 2. The number of fused-ring (bicyclic) bond motifs is 1. The van der Waals surface area contributed by atoms with E-state index in [0.717, 1.165) is 0 Å². The van der Waals surface area contributed by atoms with Crippen molar-refractivity contribution in [1.82, 2.24) is 0 Å². The molecule has 0 bridgehead atoms. The molecule has 0 radical (unpaired) electrons. The summed E-state index contributed by atoms with van der Waals surface area (Å²) in [5, 5.41) is 10.1. The molecule has 0 aromatic heterocycles. The van der Waals surface area contributed by atoms with Gasteiger partial charge in [-0.05, 0) is 28.5 Å². The maximum atomic E-state index is 12.8. The van der Waals surface area contributed by atoms with Crippen LogP contribution in [0.15, 0.2) is 36.4 Å². The second-order valence-corrected chi connectivity index (χ2v) is 4.46. The van der Waals surface area contributed by atoms with E-state index < -0.39 is 24.3 Å². The SMILES string of the molecule is COC(=O)c1ccc2cc(C(C(=O)O)C(F)F)ccc2c1. The average molecular weight is 294 g/mol. The van der Waals surface area contributed by atoms with Crippen LogP contribution in [0.3, 0.4) is 0 Å². The zero-order valence-corrected chi connectivity index (χ0v) is 11.0. The first-order chi connectivity index (χ1) is 9.93. The van der Waals surface area contributed by atoms with Gasteiger partial charge in [0.2, 0.25) is 0 Å². The summed E-state index contributed by atoms with van der Waals surface area (Å²) in [5.74, 6) is -3.94. The van der Waals surface area contributed by atoms with Crippen LogP contribution in [0.2, 0.25) is 0 Å². The maximum absolute atomic E-state index is 12.8. The van der Waals surface area contributed by atoms with Crippen molar-refractivity contribution in [3.8, 4) is 0 Å². The van der Waals surface area contributed by atoms with Gasteiger partial charge in [0.25, 0.3) is 6.43 Å². The molecule has 21 heavy (non-hydrogen) atoms. The summed E-state index contributed by atoms with van der Waals surface area (Å²) in [6.07, 6.45) is -2.99. The molecule has 0 aliphatic heterocycles. The number of benzene rings is 2. The average Bonchev–Trinajstić information content (AvgIpc) is 2.45. The number of hydrogen-bond donors (Lipinski definition) is 1. The van der Waals surface area contributed by atoms with Crippen molar-refractivity contribution >= 4 is 22.7 Å². The number of esters is 1. The first-order valence-corrected chi connectivity index (χ1v) is 6.07. The summed E-state index contributed by atoms with van der Waals surface area (Å²) in [6.45, 7) is 0. The van der Waals surface area contributed by atoms with Crippen LogP contribution in [0.5, 0.6) is 0 Å². The quantitative estimate of drug-likeness (QED) is 0.880. The summed E-state index contributed by atoms with van der Waals surface area (Å²) in [5.41, 5.74) is 0.359. The van der Waals surface area contributed by atoms with Crippen LogP contribution < -0.4 is 0 Å². The third-order valence-electron chi connectivity index (χ3n) is 3.16. The third kappa shape index (κ3) is 2.99. The second-order valence-electron chi connectivity index (χ2n) is 4.46. The van der Waals surface area contributed by atoms with Gasteiger partial charge in [-0.1, -0.05) is 24.3 Å². The highest BCUT2D eigenvalue weighted by Gasteiger charge is 2.29. The number of carbonyl (C=O) groups excluding carboxylic acids is 1. The number of alkyl halides is 2. The van der Waals surface area contributed by atoms with Gasteiger partial charge in [-0.25, -0.2) is 13.6 Å². The van der Waals surface area contributed by atoms with Crippen molar-refractivity contribution in [2.45, 2.75) is 12.3 Å². The van der Waals surface area contributed by atoms with Gasteiger partial charge in [-0.15, -0.1) is 0 Å². The Bertz CT molecular complexity index is 697. The van der Waals surface area contributed by atoms with Gasteiger partial charge in [-0.3, -0.25) is 4.79 Å². The molecule has 0 saturated carbocycles. The molecule has 0 saturated heterocycles. The Balaban J connectivity index is 2.48. The normalized spacial score (nSPS) is 12.4. The van der Waals surface area contributed by atoms with Crippen LogP contribution in [-0.4, -0.2) is 30.6 Å². The zero-order chi connectivity index (χ0) is 15.6. The summed E-state index contributed by atoms with van der Waals surface area (Å²) in [4.78, 5) is 22.3. The lowest BCUT2D eigenvalue weighted by molar-refractivity contribution is -0.142. The number of hydrogen-bond acceptors (Lipinski definition) is 3. The van der Waals surface area contributed by atoms with Crippen LogP contribution in [0.4, 0.5) is 8.78 Å². The van der Waals surface area contributed by atoms with Crippen LogP contribution >= 0.6 is 0 Å². The van der Waals surface area contributed by atoms with Gasteiger partial charge in [0.1, 0.15) is 5.92 Å². The van der Waals surface area contributed by atoms with Gasteiger partial charge < -0.3 is 9.84 Å². The van der Waals surface area contributed by atoms with Crippen molar-refractivity contribution in [1.29, 1.82) is 0 Å². The minimum atomic E-state index is -2.99. The Kier molecular flexibility index (Phi) is 4.16. The van der Waals surface area contributed by atoms with Gasteiger partial charge >= 0.3 is 11.9 Å². The maximum Gasteiger partial charge on any atom is 0.337 e. The summed E-state index contributed by atoms with van der Waals surface area (Å²) < 4.78 is 30.2. The second kappa shape index (κ2) is 5.87. The molecule has 2 aromatic rings. The molecule has 1 unspecified atom stereocenters. The lowest BCUT2D eigenvalue weighted by atomic mass is 9.96. The largest absolute Gasteiger partial charge is 0.481 e. The smallest absolute Gasteiger partial charge is 0.337 e. The molecule has 1 N–H and O–H groups in total. The van der Waals surface area contributed by atoms with E-state index in [2.05, 4.69) is 4.74 Å². The summed E-state index contributed by atoms with van der Waals surface area (Å²) in [7, 11) is 1.26. The predicted octanol–water partition coefficient (Wildman–Crippen LogP) is 3.06. The molecule has 0 heterocycles. The molecular formula is C15H12F2O4. The van der Waals surface area contributed by atoms with Crippen molar-refractivity contribution in [3.05, 3.63) is 47.5 Å². The fourth-order valence-electron chi connectivity index (χ4n) is 2.10. The first-order valence-electron chi connectivity index (χ1n) is 6.07. The monoisotopic (exact) mass is 294 g/mol. The van der Waals surface area contributed by atoms with Gasteiger partial charge in [0.15, 0.2) is 0 Å². The fraction of sp³-hybridized carbons (Fsp3) is 0.200. The van der Waals surface area contributed by atoms with Crippen molar-refractivity contribution in [2.75, 3.05) is 7.11 Å². The van der Waals surface area contributed by atoms with Crippen molar-refractivity contribution in [2.24, 2.45) is 0 Å². The number of carboxylic acid groups (broad SMARTS) is 1. The van der Waals surface area contributed by atoms with E-state index in [1.54, 1.807) is 12.1 Å². The van der Waals surface area contributed by atoms with E-state index in [1.165, 1.54) is 31.4 Å². The highest BCUT2D eigenvalue weighted by molar-refractivity contribution is 5.95. The third-order valence-corrected chi connectivity index (χ3v) is 3.16. The number of methoxy groups -OCH3 is 1. The van der Waals surface area contributed by atoms with Crippen molar-refractivity contribution < 1.29 is 28.2 Å². The Labute approximate surface area is 118 Å². The molecule has 6 heteroatoms. The molecule has 1 atom stereocenters. The molecule has 0 aliphatic carbocycles. The number of ether oxygens (including phenoxy) is 1. The van der Waals surface area contributed by atoms with Crippen LogP contribution in [0, 0.1) is 0 Å². The molecular weight excluding hydrogens is 282 g/mol. The topological polar surface area (TPSA) is 63.6 Å². The molecule has 0 amide bonds. The van der Waals surface area contributed by atoms with E-state index in [-0.39, 0.29) is 5.56 Å². The van der Waals surface area contributed by atoms with E-state index in [1.807, 2.05) is 0 Å². The Hall–Kier alpha value is -2.50. The summed E-state index contributed by atoms with van der Waals surface area (Å²) >= 11 is 0. The van der Waals surface area contributed by atoms with E-state index >= 15 is 0 Å². The Morgan fingerprint density at radius 3 is 2.29 bits per heavy atom. The standard InChI is InChI=1S/C15H12F2O4/c1-21-15(20)11-5-3-8-6-10(4-2-9(8)7-11)12(13(16)17)14(18)19/h2-7,12-13H,1H3,(H,18,19). The van der Waals surface area contributed by atoms with E-state index in [4.69, 9.17) is 5.11 Å². The van der Waals surface area contributed by atoms with Crippen LogP contribution in [0.25, 0.3) is 10.8 Å². The Morgan fingerprint density at radius 2 is 1.71 bits per heavy atom. The molecule has 2 aromatic carbocycles. The van der Waals surface area contributed by atoms with Gasteiger partial charge in [0.05, 0.1) is 12.7 Å². The van der Waals surface area contributed by atoms with Gasteiger partial charge in [-0.2, -0.15) is 0 Å². The number of aliphatic carboxylic acids is 1. The fourth-order valence-corrected chi connectivity index (χ4v) is 2.10. The lowest BCUT2D eigenvalue weighted by Gasteiger charge is -2.12. The van der Waals surface area contributed by atoms with E-state index in [9.17, 15) is 18.4 Å². The van der Waals surface area contributed by atoms with Crippen LogP contribution in [-0.2, 0) is 9.53 Å². The molecule has 110 valence electrons. The predicted molar refractivity (Wildman–Crippen MR) is 71.7 cm³/mol. The first kappa shape index (κ1) is 14.9. The Morgan fingerprint density at radius 1 is 1.10 bits per heavy atom. The zero-order valence-electron chi connectivity index (χ0n) is 11.0. The van der Waals surface area contributed by atoms with Crippen molar-refractivity contribution in [3.63, 3.8) is 0 Å². The molecule has 0 aliphatic rings. The highest BCUT2D eigenvalue weighted by atomic mass is 19.3. The molecule has 2 rings (SSSR count). The molecule has 0 spiro atoms. The number of rotatable bonds is 4. The highest BCUT2D eigenvalue weighted by Crippen LogP contribution is 2.27. The minimum absolute atomic E-state index is 0.0239. The molecule has 0 fully saturated rings. The van der Waals surface area contributed by atoms with E-state index in [0.29, 0.717) is 16.3 Å². The molecule has 4 nitrogen and oxygen atoms in total. The van der Waals surface area contributed by atoms with Crippen LogP contribution in [0.1, 0.15) is 21.8 Å². The van der Waals surface area contributed by atoms with Gasteiger partial charge in [0, 0.05) is 0 Å². The number of halogens is 2. The lowest BCUT2D eigenvalue weighted by Crippen LogP contribution is -2.19. The number of carboxylic acids is 1. The minimum Gasteiger partial charge on any atom is -0.481 e.